The molecule has 0 aliphatic carbocycles. The molecule has 2 saturated heterocycles. The topological polar surface area (TPSA) is 94.5 Å². The number of ether oxygens (including phenoxy) is 3. The van der Waals surface area contributed by atoms with Gasteiger partial charge < -0.3 is 19.1 Å². The van der Waals surface area contributed by atoms with Crippen LogP contribution in [0, 0.1) is 0 Å². The number of fused-ring (bicyclic) bond motifs is 1. The Morgan fingerprint density at radius 3 is 2.53 bits per heavy atom. The fourth-order valence-corrected chi connectivity index (χ4v) is 7.70. The molecule has 4 rings (SSSR count). The van der Waals surface area contributed by atoms with Gasteiger partial charge in [-0.05, 0) is 36.4 Å². The summed E-state index contributed by atoms with van der Waals surface area (Å²) >= 11 is 7.14. The summed E-state index contributed by atoms with van der Waals surface area (Å²) < 4.78 is 40.8. The summed E-state index contributed by atoms with van der Waals surface area (Å²) in [7, 11) is -0.116. The summed E-state index contributed by atoms with van der Waals surface area (Å²) in [6.07, 6.45) is 0. The first-order chi connectivity index (χ1) is 15.3. The molecule has 2 aromatic carbocycles. The summed E-state index contributed by atoms with van der Waals surface area (Å²) in [5.41, 5.74) is 0.621. The summed E-state index contributed by atoms with van der Waals surface area (Å²) in [6.45, 7) is -0.257. The van der Waals surface area contributed by atoms with E-state index in [1.807, 2.05) is 0 Å². The van der Waals surface area contributed by atoms with E-state index in [0.29, 0.717) is 33.1 Å². The van der Waals surface area contributed by atoms with Crippen LogP contribution in [0.1, 0.15) is 0 Å². The quantitative estimate of drug-likeness (QED) is 0.602. The number of amides is 1. The molecule has 2 fully saturated rings. The number of thioether (sulfide) groups is 1. The number of hydrogen-bond donors (Lipinski definition) is 0. The zero-order valence-electron chi connectivity index (χ0n) is 17.4. The van der Waals surface area contributed by atoms with Gasteiger partial charge in [-0.1, -0.05) is 23.4 Å². The highest BCUT2D eigenvalue weighted by atomic mass is 35.5. The lowest BCUT2D eigenvalue weighted by Gasteiger charge is -2.26. The monoisotopic (exact) mass is 496 g/mol. The normalized spacial score (nSPS) is 22.6. The van der Waals surface area contributed by atoms with E-state index in [4.69, 9.17) is 25.8 Å². The number of halogens is 1. The number of methoxy groups -OCH3 is 2. The zero-order chi connectivity index (χ0) is 22.9. The molecule has 2 aromatic rings. The highest BCUT2D eigenvalue weighted by Gasteiger charge is 2.50. The van der Waals surface area contributed by atoms with E-state index < -0.39 is 15.7 Å². The van der Waals surface area contributed by atoms with E-state index in [0.717, 1.165) is 0 Å². The third-order valence-electron chi connectivity index (χ3n) is 5.11. The van der Waals surface area contributed by atoms with Crippen molar-refractivity contribution >= 4 is 50.0 Å². The molecule has 2 heterocycles. The fourth-order valence-electron chi connectivity index (χ4n) is 3.64. The van der Waals surface area contributed by atoms with Crippen molar-refractivity contribution < 1.29 is 27.4 Å². The predicted octanol–water partition coefficient (Wildman–Crippen LogP) is 3.04. The first-order valence-corrected chi connectivity index (χ1v) is 12.8. The molecular weight excluding hydrogens is 476 g/mol. The number of anilines is 1. The second-order valence-electron chi connectivity index (χ2n) is 7.24. The Morgan fingerprint density at radius 2 is 1.84 bits per heavy atom. The molecule has 11 heteroatoms. The van der Waals surface area contributed by atoms with Gasteiger partial charge in [-0.15, -0.1) is 0 Å². The van der Waals surface area contributed by atoms with Crippen LogP contribution < -0.4 is 19.1 Å². The molecule has 2 aliphatic heterocycles. The highest BCUT2D eigenvalue weighted by molar-refractivity contribution is 8.16. The molecule has 8 nitrogen and oxygen atoms in total. The van der Waals surface area contributed by atoms with E-state index in [9.17, 15) is 13.2 Å². The summed E-state index contributed by atoms with van der Waals surface area (Å²) in [4.78, 5) is 18.6. The number of carbonyl (C=O) groups is 1. The van der Waals surface area contributed by atoms with Gasteiger partial charge >= 0.3 is 0 Å². The van der Waals surface area contributed by atoms with Crippen molar-refractivity contribution in [1.29, 1.82) is 0 Å². The fraction of sp³-hybridized carbons (Fsp3) is 0.333. The van der Waals surface area contributed by atoms with E-state index in [-0.39, 0.29) is 29.4 Å². The third kappa shape index (κ3) is 4.82. The van der Waals surface area contributed by atoms with Crippen molar-refractivity contribution in [3.05, 3.63) is 47.5 Å². The molecule has 0 bridgehead atoms. The lowest BCUT2D eigenvalue weighted by molar-refractivity contribution is -0.119. The van der Waals surface area contributed by atoms with Crippen LogP contribution in [0.5, 0.6) is 17.2 Å². The average molecular weight is 497 g/mol. The number of rotatable bonds is 6. The third-order valence-corrected chi connectivity index (χ3v) is 8.57. The number of hydrogen-bond acceptors (Lipinski definition) is 7. The van der Waals surface area contributed by atoms with Gasteiger partial charge in [-0.25, -0.2) is 8.42 Å². The average Bonchev–Trinajstić information content (AvgIpc) is 3.23. The molecule has 0 N–H and O–H groups in total. The molecule has 2 aliphatic rings. The maximum absolute atomic E-state index is 12.6. The van der Waals surface area contributed by atoms with Crippen molar-refractivity contribution in [3.63, 3.8) is 0 Å². The Bertz CT molecular complexity index is 1150. The molecule has 2 atom stereocenters. The van der Waals surface area contributed by atoms with Crippen molar-refractivity contribution in [2.24, 2.45) is 4.99 Å². The van der Waals surface area contributed by atoms with Crippen molar-refractivity contribution in [2.45, 2.75) is 11.3 Å². The molecular formula is C21H21ClN2O6S2. The Morgan fingerprint density at radius 1 is 1.12 bits per heavy atom. The van der Waals surface area contributed by atoms with Gasteiger partial charge in [-0.2, -0.15) is 4.99 Å². The number of amidine groups is 1. The molecule has 0 aromatic heterocycles. The van der Waals surface area contributed by atoms with E-state index in [1.165, 1.54) is 18.9 Å². The van der Waals surface area contributed by atoms with Crippen LogP contribution in [0.2, 0.25) is 5.02 Å². The Kier molecular flexibility index (Phi) is 6.55. The van der Waals surface area contributed by atoms with Crippen molar-refractivity contribution in [2.75, 3.05) is 37.2 Å². The van der Waals surface area contributed by atoms with Crippen LogP contribution in [0.4, 0.5) is 5.69 Å². The lowest BCUT2D eigenvalue weighted by atomic mass is 10.2. The minimum atomic E-state index is -3.18. The van der Waals surface area contributed by atoms with Crippen LogP contribution >= 0.6 is 23.4 Å². The number of aliphatic imine (C=N–C) groups is 1. The van der Waals surface area contributed by atoms with Crippen molar-refractivity contribution in [3.8, 4) is 17.2 Å². The standard InChI is InChI=1S/C21H21ClN2O6S2/c1-28-15-7-8-16(18(9-15)29-2)24-17-11-32(26,27)12-19(17)31-21(24)23-20(25)10-30-14-5-3-13(22)4-6-14/h3-9,17,19H,10-12H2,1-2H3/t17-,19+/m1/s1. The van der Waals surface area contributed by atoms with E-state index >= 15 is 0 Å². The van der Waals surface area contributed by atoms with Crippen LogP contribution in [0.3, 0.4) is 0 Å². The SMILES string of the molecule is COc1ccc(N2C(=NC(=O)COc3ccc(Cl)cc3)S[C@H]3CS(=O)(=O)C[C@H]32)c(OC)c1. The van der Waals surface area contributed by atoms with Crippen LogP contribution in [-0.4, -0.2) is 63.1 Å². The molecule has 32 heavy (non-hydrogen) atoms. The molecule has 170 valence electrons. The number of nitrogens with zero attached hydrogens (tertiary/aromatic N) is 2. The van der Waals surface area contributed by atoms with Crippen LogP contribution in [-0.2, 0) is 14.6 Å². The summed E-state index contributed by atoms with van der Waals surface area (Å²) in [5.74, 6) is 1.12. The lowest BCUT2D eigenvalue weighted by Crippen LogP contribution is -2.38. The maximum Gasteiger partial charge on any atom is 0.285 e. The van der Waals surface area contributed by atoms with E-state index in [1.54, 1.807) is 54.5 Å². The number of carbonyl (C=O) groups excluding carboxylic acids is 1. The predicted molar refractivity (Wildman–Crippen MR) is 125 cm³/mol. The minimum absolute atomic E-state index is 0.0195. The maximum atomic E-state index is 12.6. The molecule has 0 unspecified atom stereocenters. The smallest absolute Gasteiger partial charge is 0.285 e. The number of sulfone groups is 1. The molecule has 1 amide bonds. The summed E-state index contributed by atoms with van der Waals surface area (Å²) in [6, 6.07) is 11.5. The van der Waals surface area contributed by atoms with Crippen LogP contribution in [0.25, 0.3) is 0 Å². The first kappa shape index (κ1) is 22.8. The van der Waals surface area contributed by atoms with Gasteiger partial charge in [0.25, 0.3) is 5.91 Å². The van der Waals surface area contributed by atoms with Gasteiger partial charge in [0.1, 0.15) is 17.2 Å². The first-order valence-electron chi connectivity index (χ1n) is 9.68. The van der Waals surface area contributed by atoms with E-state index in [2.05, 4.69) is 4.99 Å². The zero-order valence-corrected chi connectivity index (χ0v) is 19.7. The van der Waals surface area contributed by atoms with Crippen LogP contribution in [0.15, 0.2) is 47.5 Å². The van der Waals surface area contributed by atoms with Gasteiger partial charge in [0, 0.05) is 16.3 Å². The molecule has 0 saturated carbocycles. The Labute approximate surface area is 195 Å². The van der Waals surface area contributed by atoms with Gasteiger partial charge in [0.05, 0.1) is 37.5 Å². The van der Waals surface area contributed by atoms with Gasteiger partial charge in [0.15, 0.2) is 21.6 Å². The van der Waals surface area contributed by atoms with Gasteiger partial charge in [0.2, 0.25) is 0 Å². The summed E-state index contributed by atoms with van der Waals surface area (Å²) in [5, 5.41) is 0.760. The Balaban J connectivity index is 1.61. The largest absolute Gasteiger partial charge is 0.497 e. The molecule has 0 spiro atoms. The number of benzene rings is 2. The second-order valence-corrected chi connectivity index (χ2v) is 11.0. The highest BCUT2D eigenvalue weighted by Crippen LogP contribution is 2.44. The minimum Gasteiger partial charge on any atom is -0.497 e. The molecule has 0 radical (unpaired) electrons. The second kappa shape index (κ2) is 9.21. The van der Waals surface area contributed by atoms with Crippen molar-refractivity contribution in [1.82, 2.24) is 0 Å². The van der Waals surface area contributed by atoms with Gasteiger partial charge in [-0.3, -0.25) is 4.79 Å². The Hall–Kier alpha value is -2.43.